The van der Waals surface area contributed by atoms with Crippen molar-refractivity contribution in [3.05, 3.63) is 57.0 Å². The number of carboxylic acids is 1. The number of carbonyl (C=O) groups is 1. The van der Waals surface area contributed by atoms with E-state index in [-0.39, 0.29) is 22.4 Å². The molecule has 0 radical (unpaired) electrons. The van der Waals surface area contributed by atoms with Crippen LogP contribution in [0, 0.1) is 23.6 Å². The molecule has 3 N–H and O–H groups in total. The summed E-state index contributed by atoms with van der Waals surface area (Å²) in [6, 6.07) is 1.19. The summed E-state index contributed by atoms with van der Waals surface area (Å²) in [5.41, 5.74) is 6.77. The molecular weight excluding hydrogens is 455 g/mol. The Hall–Kier alpha value is -3.04. The van der Waals surface area contributed by atoms with Crippen molar-refractivity contribution in [3.8, 4) is 0 Å². The summed E-state index contributed by atoms with van der Waals surface area (Å²) in [7, 11) is 0. The van der Waals surface area contributed by atoms with Crippen LogP contribution in [0.4, 0.5) is 10.1 Å². The Bertz CT molecular complexity index is 1470. The molecular formula is C25H25FN4O3S. The van der Waals surface area contributed by atoms with E-state index in [4.69, 9.17) is 5.73 Å². The van der Waals surface area contributed by atoms with E-state index in [0.29, 0.717) is 53.1 Å². The SMILES string of the molecule is CCN=Cc1c(N2CC3C4C=CC(N)(CC4)C3C2)c(F)cc2c(=O)c(C(=O)O)c3sccn3c12. The maximum absolute atomic E-state index is 15.8. The van der Waals surface area contributed by atoms with Crippen LogP contribution in [0.15, 0.2) is 39.6 Å². The van der Waals surface area contributed by atoms with Crippen molar-refractivity contribution in [3.63, 3.8) is 0 Å². The van der Waals surface area contributed by atoms with Crippen LogP contribution in [0.25, 0.3) is 15.7 Å². The number of benzene rings is 1. The predicted octanol–water partition coefficient (Wildman–Crippen LogP) is 3.52. The average Bonchev–Trinajstić information content (AvgIpc) is 3.46. The third-order valence-electron chi connectivity index (χ3n) is 7.90. The number of allylic oxidation sites excluding steroid dienone is 1. The fraction of sp³-hybridized carbons (Fsp3) is 0.400. The standard InChI is InChI=1S/C25H25FN4O3S/c1-2-28-10-15-20-14(22(31)19(24(32)33)23-30(20)7-8-34-23)9-18(26)21(15)29-11-16-13-3-5-25(27,6-4-13)17(16)12-29/h3,5,7-10,13,16-17H,2,4,6,11-12,27H2,1H3,(H,32,33). The number of carboxylic acid groups (broad SMARTS) is 1. The van der Waals surface area contributed by atoms with Crippen LogP contribution in [0.3, 0.4) is 0 Å². The van der Waals surface area contributed by atoms with Crippen LogP contribution in [0.5, 0.6) is 0 Å². The Kier molecular flexibility index (Phi) is 4.73. The van der Waals surface area contributed by atoms with Gasteiger partial charge in [-0.2, -0.15) is 0 Å². The van der Waals surface area contributed by atoms with Crippen molar-refractivity contribution in [2.24, 2.45) is 28.5 Å². The number of anilines is 1. The summed E-state index contributed by atoms with van der Waals surface area (Å²) in [6.45, 7) is 3.70. The second-order valence-corrected chi connectivity index (χ2v) is 10.5. The molecule has 176 valence electrons. The molecule has 1 aliphatic heterocycles. The number of fused-ring (bicyclic) bond motifs is 4. The smallest absolute Gasteiger partial charge is 0.342 e. The van der Waals surface area contributed by atoms with Gasteiger partial charge >= 0.3 is 5.97 Å². The number of nitrogens with zero attached hydrogens (tertiary/aromatic N) is 3. The molecule has 1 saturated heterocycles. The van der Waals surface area contributed by atoms with Gasteiger partial charge in [0.1, 0.15) is 16.2 Å². The van der Waals surface area contributed by atoms with Crippen molar-refractivity contribution < 1.29 is 14.3 Å². The zero-order chi connectivity index (χ0) is 23.8. The minimum atomic E-state index is -1.32. The molecule has 3 aromatic rings. The number of aliphatic imine (C=N–C) groups is 1. The van der Waals surface area contributed by atoms with Gasteiger partial charge < -0.3 is 20.1 Å². The monoisotopic (exact) mass is 480 g/mol. The summed E-state index contributed by atoms with van der Waals surface area (Å²) < 4.78 is 17.5. The molecule has 9 heteroatoms. The molecule has 4 atom stereocenters. The van der Waals surface area contributed by atoms with Crippen molar-refractivity contribution in [1.29, 1.82) is 0 Å². The number of halogens is 1. The number of hydrogen-bond acceptors (Lipinski definition) is 6. The van der Waals surface area contributed by atoms with Gasteiger partial charge in [0, 0.05) is 54.4 Å². The molecule has 34 heavy (non-hydrogen) atoms. The lowest BCUT2D eigenvalue weighted by Crippen LogP contribution is -2.55. The van der Waals surface area contributed by atoms with Gasteiger partial charge in [-0.3, -0.25) is 9.79 Å². The fourth-order valence-electron chi connectivity index (χ4n) is 6.34. The van der Waals surface area contributed by atoms with Crippen molar-refractivity contribution in [1.82, 2.24) is 4.40 Å². The lowest BCUT2D eigenvalue weighted by atomic mass is 9.60. The van der Waals surface area contributed by atoms with Crippen LogP contribution in [-0.2, 0) is 0 Å². The zero-order valence-corrected chi connectivity index (χ0v) is 19.5. The predicted molar refractivity (Wildman–Crippen MR) is 132 cm³/mol. The van der Waals surface area contributed by atoms with E-state index in [1.807, 2.05) is 6.92 Å². The number of thiazole rings is 1. The molecule has 7 nitrogen and oxygen atoms in total. The average molecular weight is 481 g/mol. The number of aromatic carboxylic acids is 1. The minimum absolute atomic E-state index is 0.0424. The number of nitrogens with two attached hydrogens (primary N) is 1. The lowest BCUT2D eigenvalue weighted by molar-refractivity contribution is 0.0697. The van der Waals surface area contributed by atoms with E-state index >= 15 is 4.39 Å². The summed E-state index contributed by atoms with van der Waals surface area (Å²) >= 11 is 1.18. The molecule has 3 aliphatic carbocycles. The molecule has 3 heterocycles. The summed E-state index contributed by atoms with van der Waals surface area (Å²) in [5.74, 6) is -0.826. The fourth-order valence-corrected chi connectivity index (χ4v) is 7.22. The molecule has 2 aromatic heterocycles. The van der Waals surface area contributed by atoms with Crippen LogP contribution < -0.4 is 16.1 Å². The minimum Gasteiger partial charge on any atom is -0.477 e. The molecule has 4 unspecified atom stereocenters. The number of hydrogen-bond donors (Lipinski definition) is 2. The third-order valence-corrected chi connectivity index (χ3v) is 8.78. The normalized spacial score (nSPS) is 28.0. The van der Waals surface area contributed by atoms with Gasteiger partial charge in [0.25, 0.3) is 0 Å². The largest absolute Gasteiger partial charge is 0.477 e. The van der Waals surface area contributed by atoms with Gasteiger partial charge in [0.2, 0.25) is 5.43 Å². The Morgan fingerprint density at radius 3 is 2.94 bits per heavy atom. The van der Waals surface area contributed by atoms with Crippen molar-refractivity contribution in [2.45, 2.75) is 25.3 Å². The molecule has 1 saturated carbocycles. The quantitative estimate of drug-likeness (QED) is 0.440. The molecule has 0 spiro atoms. The molecule has 4 aliphatic rings. The Morgan fingerprint density at radius 1 is 1.44 bits per heavy atom. The van der Waals surface area contributed by atoms with Crippen LogP contribution in [0.2, 0.25) is 0 Å². The summed E-state index contributed by atoms with van der Waals surface area (Å²) in [6.07, 6.45) is 9.71. The van der Waals surface area contributed by atoms with E-state index in [2.05, 4.69) is 22.0 Å². The maximum atomic E-state index is 15.8. The van der Waals surface area contributed by atoms with E-state index in [1.165, 1.54) is 17.4 Å². The molecule has 2 bridgehead atoms. The van der Waals surface area contributed by atoms with Gasteiger partial charge in [-0.15, -0.1) is 11.3 Å². The van der Waals surface area contributed by atoms with Gasteiger partial charge in [-0.25, -0.2) is 9.18 Å². The number of pyridine rings is 1. The highest BCUT2D eigenvalue weighted by molar-refractivity contribution is 7.16. The molecule has 0 amide bonds. The van der Waals surface area contributed by atoms with Crippen molar-refractivity contribution in [2.75, 3.05) is 24.5 Å². The highest BCUT2D eigenvalue weighted by atomic mass is 32.1. The third kappa shape index (κ3) is 2.86. The highest BCUT2D eigenvalue weighted by Crippen LogP contribution is 2.51. The van der Waals surface area contributed by atoms with E-state index in [1.54, 1.807) is 22.2 Å². The highest BCUT2D eigenvalue weighted by Gasteiger charge is 2.52. The van der Waals surface area contributed by atoms with Crippen LogP contribution in [-0.4, -0.2) is 46.9 Å². The van der Waals surface area contributed by atoms with Gasteiger partial charge in [-0.1, -0.05) is 12.2 Å². The summed E-state index contributed by atoms with van der Waals surface area (Å²) in [4.78, 5) is 31.9. The Morgan fingerprint density at radius 2 is 2.26 bits per heavy atom. The first kappa shape index (κ1) is 21.5. The molecule has 1 aromatic carbocycles. The van der Waals surface area contributed by atoms with Gasteiger partial charge in [-0.05, 0) is 37.7 Å². The zero-order valence-electron chi connectivity index (χ0n) is 18.7. The lowest BCUT2D eigenvalue weighted by Gasteiger charge is -2.47. The number of rotatable bonds is 4. The Balaban J connectivity index is 1.61. The second kappa shape index (κ2) is 7.48. The van der Waals surface area contributed by atoms with E-state index in [0.717, 1.165) is 12.8 Å². The summed E-state index contributed by atoms with van der Waals surface area (Å²) in [5, 5.41) is 11.5. The number of aromatic nitrogens is 1. The van der Waals surface area contributed by atoms with Crippen molar-refractivity contribution >= 4 is 44.9 Å². The van der Waals surface area contributed by atoms with Gasteiger partial charge in [0.15, 0.2) is 0 Å². The van der Waals surface area contributed by atoms with Crippen LogP contribution >= 0.6 is 11.3 Å². The van der Waals surface area contributed by atoms with Gasteiger partial charge in [0.05, 0.1) is 16.6 Å². The topological polar surface area (TPSA) is 100 Å². The second-order valence-electron chi connectivity index (χ2n) is 9.58. The van der Waals surface area contributed by atoms with E-state index in [9.17, 15) is 14.7 Å². The molecule has 2 fully saturated rings. The first-order valence-corrected chi connectivity index (χ1v) is 12.5. The first-order valence-electron chi connectivity index (χ1n) is 11.6. The maximum Gasteiger partial charge on any atom is 0.342 e. The van der Waals surface area contributed by atoms with E-state index < -0.39 is 17.2 Å². The Labute approximate surface area is 199 Å². The first-order chi connectivity index (χ1) is 16.3. The molecule has 7 rings (SSSR count). The van der Waals surface area contributed by atoms with Crippen LogP contribution in [0.1, 0.15) is 35.7 Å².